The molecule has 1 atom stereocenters. The first-order valence-corrected chi connectivity index (χ1v) is 7.38. The van der Waals surface area contributed by atoms with E-state index >= 15 is 0 Å². The van der Waals surface area contributed by atoms with Crippen molar-refractivity contribution in [3.63, 3.8) is 0 Å². The number of morpholine rings is 1. The highest BCUT2D eigenvalue weighted by atomic mass is 19.1. The van der Waals surface area contributed by atoms with Gasteiger partial charge in [-0.25, -0.2) is 4.39 Å². The smallest absolute Gasteiger partial charge is 0.123 e. The third-order valence-corrected chi connectivity index (χ3v) is 3.46. The normalized spacial score (nSPS) is 22.2. The zero-order valence-corrected chi connectivity index (χ0v) is 12.7. The Balaban J connectivity index is 1.71. The van der Waals surface area contributed by atoms with Gasteiger partial charge in [0.25, 0.3) is 0 Å². The molecule has 0 bridgehead atoms. The second-order valence-corrected chi connectivity index (χ2v) is 6.07. The summed E-state index contributed by atoms with van der Waals surface area (Å²) in [4.78, 5) is 2.29. The molecule has 0 aromatic heterocycles. The van der Waals surface area contributed by atoms with Gasteiger partial charge in [0.1, 0.15) is 11.6 Å². The number of nitrogens with zero attached hydrogens (tertiary/aromatic N) is 1. The van der Waals surface area contributed by atoms with Crippen molar-refractivity contribution in [1.29, 1.82) is 0 Å². The Labute approximate surface area is 125 Å². The molecule has 0 aliphatic carbocycles. The fraction of sp³-hybridized carbons (Fsp3) is 0.625. The molecule has 0 radical (unpaired) electrons. The number of aliphatic hydroxyl groups excluding tert-OH is 1. The molecule has 1 aromatic carbocycles. The van der Waals surface area contributed by atoms with Crippen molar-refractivity contribution in [2.75, 3.05) is 32.8 Å². The molecule has 1 heterocycles. The van der Waals surface area contributed by atoms with Crippen LogP contribution in [0, 0.1) is 5.82 Å². The number of rotatable bonds is 6. The van der Waals surface area contributed by atoms with Crippen molar-refractivity contribution >= 4 is 0 Å². The van der Waals surface area contributed by atoms with Crippen molar-refractivity contribution in [3.05, 3.63) is 30.1 Å². The van der Waals surface area contributed by atoms with Gasteiger partial charge in [-0.3, -0.25) is 4.90 Å². The maximum absolute atomic E-state index is 12.8. The van der Waals surface area contributed by atoms with E-state index in [1.807, 2.05) is 13.8 Å². The van der Waals surface area contributed by atoms with E-state index in [4.69, 9.17) is 9.47 Å². The molecule has 5 heteroatoms. The van der Waals surface area contributed by atoms with Crippen LogP contribution in [-0.2, 0) is 4.74 Å². The largest absolute Gasteiger partial charge is 0.494 e. The Hall–Kier alpha value is -1.17. The van der Waals surface area contributed by atoms with E-state index in [9.17, 15) is 9.50 Å². The van der Waals surface area contributed by atoms with Gasteiger partial charge in [0.15, 0.2) is 0 Å². The SMILES string of the molecule is CC1(C)CN(CCCOc2ccc(F)cc2)CC(CO)O1. The number of ether oxygens (including phenoxy) is 2. The molecule has 4 nitrogen and oxygen atoms in total. The monoisotopic (exact) mass is 297 g/mol. The fourth-order valence-corrected chi connectivity index (χ4v) is 2.69. The summed E-state index contributed by atoms with van der Waals surface area (Å²) < 4.78 is 24.1. The number of benzene rings is 1. The van der Waals surface area contributed by atoms with Gasteiger partial charge in [-0.05, 0) is 44.5 Å². The molecule has 0 amide bonds. The van der Waals surface area contributed by atoms with Crippen LogP contribution in [0.25, 0.3) is 0 Å². The first-order chi connectivity index (χ1) is 9.98. The van der Waals surface area contributed by atoms with Gasteiger partial charge in [0, 0.05) is 19.6 Å². The minimum Gasteiger partial charge on any atom is -0.494 e. The third-order valence-electron chi connectivity index (χ3n) is 3.46. The lowest BCUT2D eigenvalue weighted by Gasteiger charge is -2.42. The molecule has 1 aliphatic rings. The van der Waals surface area contributed by atoms with E-state index < -0.39 is 0 Å². The van der Waals surface area contributed by atoms with E-state index in [0.717, 1.165) is 26.1 Å². The van der Waals surface area contributed by atoms with Crippen LogP contribution in [0.4, 0.5) is 4.39 Å². The fourth-order valence-electron chi connectivity index (χ4n) is 2.69. The van der Waals surface area contributed by atoms with Crippen LogP contribution in [0.15, 0.2) is 24.3 Å². The van der Waals surface area contributed by atoms with Crippen molar-refractivity contribution in [3.8, 4) is 5.75 Å². The first kappa shape index (κ1) is 16.2. The van der Waals surface area contributed by atoms with Crippen LogP contribution < -0.4 is 4.74 Å². The molecule has 1 unspecified atom stereocenters. The molecule has 2 rings (SSSR count). The lowest BCUT2D eigenvalue weighted by atomic mass is 10.1. The van der Waals surface area contributed by atoms with Crippen LogP contribution >= 0.6 is 0 Å². The second kappa shape index (κ2) is 7.20. The van der Waals surface area contributed by atoms with E-state index in [2.05, 4.69) is 4.90 Å². The van der Waals surface area contributed by atoms with Crippen molar-refractivity contribution in [2.24, 2.45) is 0 Å². The minimum atomic E-state index is -0.257. The van der Waals surface area contributed by atoms with Crippen LogP contribution in [-0.4, -0.2) is 54.6 Å². The minimum absolute atomic E-state index is 0.0476. The van der Waals surface area contributed by atoms with Crippen LogP contribution in [0.5, 0.6) is 5.75 Å². The lowest BCUT2D eigenvalue weighted by Crippen LogP contribution is -2.54. The third kappa shape index (κ3) is 5.26. The number of aliphatic hydroxyl groups is 1. The van der Waals surface area contributed by atoms with Crippen molar-refractivity contribution in [1.82, 2.24) is 4.90 Å². The summed E-state index contributed by atoms with van der Waals surface area (Å²) in [6, 6.07) is 6.06. The zero-order valence-electron chi connectivity index (χ0n) is 12.7. The quantitative estimate of drug-likeness (QED) is 0.816. The standard InChI is InChI=1S/C16H24FNO3/c1-16(2)12-18(10-15(11-19)21-16)8-3-9-20-14-6-4-13(17)5-7-14/h4-7,15,19H,3,8-12H2,1-2H3. The molecule has 118 valence electrons. The topological polar surface area (TPSA) is 41.9 Å². The summed E-state index contributed by atoms with van der Waals surface area (Å²) in [5.74, 6) is 0.430. The number of hydrogen-bond donors (Lipinski definition) is 1. The Kier molecular flexibility index (Phi) is 5.56. The van der Waals surface area contributed by atoms with Gasteiger partial charge < -0.3 is 14.6 Å². The Morgan fingerprint density at radius 1 is 1.38 bits per heavy atom. The predicted octanol–water partition coefficient (Wildman–Crippen LogP) is 2.07. The predicted molar refractivity (Wildman–Crippen MR) is 79.0 cm³/mol. The van der Waals surface area contributed by atoms with Crippen molar-refractivity contribution < 1.29 is 19.0 Å². The van der Waals surface area contributed by atoms with Gasteiger partial charge in [0.05, 0.1) is 24.9 Å². The molecule has 0 saturated carbocycles. The average Bonchev–Trinajstić information content (AvgIpc) is 2.44. The molecule has 0 spiro atoms. The van der Waals surface area contributed by atoms with Crippen LogP contribution in [0.2, 0.25) is 0 Å². The molecule has 1 aliphatic heterocycles. The zero-order chi connectivity index (χ0) is 15.3. The molecule has 1 saturated heterocycles. The van der Waals surface area contributed by atoms with E-state index in [1.54, 1.807) is 12.1 Å². The van der Waals surface area contributed by atoms with Crippen LogP contribution in [0.3, 0.4) is 0 Å². The Morgan fingerprint density at radius 2 is 2.10 bits per heavy atom. The maximum Gasteiger partial charge on any atom is 0.123 e. The highest BCUT2D eigenvalue weighted by molar-refractivity contribution is 5.21. The van der Waals surface area contributed by atoms with Gasteiger partial charge in [-0.2, -0.15) is 0 Å². The van der Waals surface area contributed by atoms with E-state index in [-0.39, 0.29) is 24.1 Å². The summed E-state index contributed by atoms with van der Waals surface area (Å²) in [6.07, 6.45) is 0.762. The average molecular weight is 297 g/mol. The van der Waals surface area contributed by atoms with Gasteiger partial charge in [0.2, 0.25) is 0 Å². The summed E-state index contributed by atoms with van der Waals surface area (Å²) in [6.45, 7) is 7.20. The molecule has 1 fully saturated rings. The summed E-state index contributed by atoms with van der Waals surface area (Å²) >= 11 is 0. The summed E-state index contributed by atoms with van der Waals surface area (Å²) in [5.41, 5.74) is -0.233. The highest BCUT2D eigenvalue weighted by Gasteiger charge is 2.32. The highest BCUT2D eigenvalue weighted by Crippen LogP contribution is 2.21. The molecule has 21 heavy (non-hydrogen) atoms. The van der Waals surface area contributed by atoms with Gasteiger partial charge >= 0.3 is 0 Å². The second-order valence-electron chi connectivity index (χ2n) is 6.07. The first-order valence-electron chi connectivity index (χ1n) is 7.38. The van der Waals surface area contributed by atoms with Gasteiger partial charge in [-0.15, -0.1) is 0 Å². The molecular weight excluding hydrogens is 273 g/mol. The molecular formula is C16H24FNO3. The van der Waals surface area contributed by atoms with Gasteiger partial charge in [-0.1, -0.05) is 0 Å². The number of hydrogen-bond acceptors (Lipinski definition) is 4. The van der Waals surface area contributed by atoms with E-state index in [1.165, 1.54) is 12.1 Å². The summed E-state index contributed by atoms with van der Waals surface area (Å²) in [5, 5.41) is 9.28. The Bertz CT molecular complexity index is 436. The number of halogens is 1. The summed E-state index contributed by atoms with van der Waals surface area (Å²) in [7, 11) is 0. The Morgan fingerprint density at radius 3 is 2.76 bits per heavy atom. The van der Waals surface area contributed by atoms with Crippen molar-refractivity contribution in [2.45, 2.75) is 32.0 Å². The molecule has 1 N–H and O–H groups in total. The van der Waals surface area contributed by atoms with Crippen LogP contribution in [0.1, 0.15) is 20.3 Å². The lowest BCUT2D eigenvalue weighted by molar-refractivity contribution is -0.149. The maximum atomic E-state index is 12.8. The molecule has 1 aromatic rings. The van der Waals surface area contributed by atoms with E-state index in [0.29, 0.717) is 12.4 Å².